The molecule has 3 heteroatoms. The van der Waals surface area contributed by atoms with Gasteiger partial charge in [-0.3, -0.25) is 4.79 Å². The maximum atomic E-state index is 11.1. The summed E-state index contributed by atoms with van der Waals surface area (Å²) in [6.45, 7) is 3.53. The maximum Gasteiger partial charge on any atom is 0.160 e. The van der Waals surface area contributed by atoms with E-state index in [1.165, 1.54) is 0 Å². The lowest BCUT2D eigenvalue weighted by Gasteiger charge is -2.05. The minimum absolute atomic E-state index is 0.115. The van der Waals surface area contributed by atoms with Crippen molar-refractivity contribution in [2.45, 2.75) is 13.8 Å². The van der Waals surface area contributed by atoms with E-state index >= 15 is 0 Å². The van der Waals surface area contributed by atoms with Gasteiger partial charge in [-0.2, -0.15) is 0 Å². The Balaban J connectivity index is 3.36. The van der Waals surface area contributed by atoms with Crippen molar-refractivity contribution in [1.29, 1.82) is 0 Å². The van der Waals surface area contributed by atoms with Crippen LogP contribution >= 0.6 is 38.5 Å². The van der Waals surface area contributed by atoms with E-state index < -0.39 is 0 Å². The molecular weight excluding hydrogens is 331 g/mol. The number of carbonyl (C=O) groups excluding carboxylic acids is 1. The highest BCUT2D eigenvalue weighted by molar-refractivity contribution is 14.1. The van der Waals surface area contributed by atoms with Crippen molar-refractivity contribution in [3.05, 3.63) is 31.3 Å². The predicted octanol–water partition coefficient (Wildman–Crippen LogP) is 3.56. The third kappa shape index (κ3) is 1.88. The highest BCUT2D eigenvalue weighted by atomic mass is 127. The smallest absolute Gasteiger partial charge is 0.160 e. The van der Waals surface area contributed by atoms with Crippen LogP contribution in [-0.4, -0.2) is 5.78 Å². The first-order valence-electron chi connectivity index (χ1n) is 3.49. The standard InChI is InChI=1S/C9H8BrIO/c1-5-7(6(2)12)3-4-8(11)9(5)10/h3-4H,1-2H3. The van der Waals surface area contributed by atoms with Crippen molar-refractivity contribution < 1.29 is 4.79 Å². The Labute approximate surface area is 93.8 Å². The Kier molecular flexibility index (Phi) is 3.29. The van der Waals surface area contributed by atoms with Gasteiger partial charge in [0, 0.05) is 13.6 Å². The van der Waals surface area contributed by atoms with E-state index in [2.05, 4.69) is 38.5 Å². The molecule has 0 spiro atoms. The van der Waals surface area contributed by atoms with Gasteiger partial charge in [-0.1, -0.05) is 6.07 Å². The molecule has 0 heterocycles. The van der Waals surface area contributed by atoms with Crippen LogP contribution in [0.2, 0.25) is 0 Å². The van der Waals surface area contributed by atoms with E-state index in [0.717, 1.165) is 19.2 Å². The highest BCUT2D eigenvalue weighted by Crippen LogP contribution is 2.25. The Morgan fingerprint density at radius 2 is 2.08 bits per heavy atom. The fourth-order valence-corrected chi connectivity index (χ4v) is 1.96. The summed E-state index contributed by atoms with van der Waals surface area (Å²) in [7, 11) is 0. The molecule has 1 rings (SSSR count). The number of hydrogen-bond donors (Lipinski definition) is 0. The molecule has 12 heavy (non-hydrogen) atoms. The molecule has 0 aromatic heterocycles. The molecule has 0 atom stereocenters. The van der Waals surface area contributed by atoms with E-state index in [4.69, 9.17) is 0 Å². The van der Waals surface area contributed by atoms with E-state index in [-0.39, 0.29) is 5.78 Å². The van der Waals surface area contributed by atoms with Crippen LogP contribution in [0.4, 0.5) is 0 Å². The average Bonchev–Trinajstić information content (AvgIpc) is 2.00. The van der Waals surface area contributed by atoms with Crippen LogP contribution in [-0.2, 0) is 0 Å². The molecule has 0 fully saturated rings. The quantitative estimate of drug-likeness (QED) is 0.565. The van der Waals surface area contributed by atoms with Crippen LogP contribution in [0.3, 0.4) is 0 Å². The first-order valence-corrected chi connectivity index (χ1v) is 5.36. The summed E-state index contributed by atoms with van der Waals surface area (Å²) in [6, 6.07) is 3.80. The number of benzene rings is 1. The van der Waals surface area contributed by atoms with E-state index in [1.807, 2.05) is 19.1 Å². The lowest BCUT2D eigenvalue weighted by atomic mass is 10.1. The molecule has 0 N–H and O–H groups in total. The zero-order valence-electron chi connectivity index (χ0n) is 6.82. The molecule has 1 nitrogen and oxygen atoms in total. The minimum atomic E-state index is 0.115. The van der Waals surface area contributed by atoms with E-state index in [1.54, 1.807) is 6.92 Å². The van der Waals surface area contributed by atoms with Gasteiger partial charge in [0.2, 0.25) is 0 Å². The third-order valence-corrected chi connectivity index (χ3v) is 4.38. The molecule has 0 bridgehead atoms. The Morgan fingerprint density at radius 3 is 2.58 bits per heavy atom. The monoisotopic (exact) mass is 338 g/mol. The molecule has 0 amide bonds. The lowest BCUT2D eigenvalue weighted by molar-refractivity contribution is 0.101. The highest BCUT2D eigenvalue weighted by Gasteiger charge is 2.08. The molecular formula is C9H8BrIO. The first-order chi connectivity index (χ1) is 5.54. The number of hydrogen-bond acceptors (Lipinski definition) is 1. The Hall–Kier alpha value is 0.1000. The SMILES string of the molecule is CC(=O)c1ccc(I)c(Br)c1C. The average molecular weight is 339 g/mol. The summed E-state index contributed by atoms with van der Waals surface area (Å²) in [5.74, 6) is 0.115. The summed E-state index contributed by atoms with van der Waals surface area (Å²) in [5.41, 5.74) is 1.82. The lowest BCUT2D eigenvalue weighted by Crippen LogP contribution is -1.97. The summed E-state index contributed by atoms with van der Waals surface area (Å²) < 4.78 is 2.16. The minimum Gasteiger partial charge on any atom is -0.295 e. The molecule has 64 valence electrons. The fraction of sp³-hybridized carbons (Fsp3) is 0.222. The van der Waals surface area contributed by atoms with Crippen LogP contribution in [0.15, 0.2) is 16.6 Å². The second-order valence-electron chi connectivity index (χ2n) is 2.59. The molecule has 0 saturated carbocycles. The van der Waals surface area contributed by atoms with Gasteiger partial charge < -0.3 is 0 Å². The summed E-state index contributed by atoms with van der Waals surface area (Å²) >= 11 is 5.67. The third-order valence-electron chi connectivity index (χ3n) is 1.72. The van der Waals surface area contributed by atoms with Gasteiger partial charge in [-0.05, 0) is 64.0 Å². The number of rotatable bonds is 1. The molecule has 0 radical (unpaired) electrons. The second-order valence-corrected chi connectivity index (χ2v) is 4.55. The Morgan fingerprint density at radius 1 is 1.50 bits per heavy atom. The van der Waals surface area contributed by atoms with Gasteiger partial charge in [-0.15, -0.1) is 0 Å². The summed E-state index contributed by atoms with van der Waals surface area (Å²) in [5, 5.41) is 0. The van der Waals surface area contributed by atoms with Crippen LogP contribution in [0.1, 0.15) is 22.8 Å². The van der Waals surface area contributed by atoms with Crippen molar-refractivity contribution in [2.24, 2.45) is 0 Å². The van der Waals surface area contributed by atoms with Crippen LogP contribution in [0.25, 0.3) is 0 Å². The maximum absolute atomic E-state index is 11.1. The van der Waals surface area contributed by atoms with Gasteiger partial charge in [-0.25, -0.2) is 0 Å². The van der Waals surface area contributed by atoms with E-state index in [9.17, 15) is 4.79 Å². The summed E-state index contributed by atoms with van der Waals surface area (Å²) in [6.07, 6.45) is 0. The largest absolute Gasteiger partial charge is 0.295 e. The van der Waals surface area contributed by atoms with Crippen LogP contribution in [0, 0.1) is 10.5 Å². The van der Waals surface area contributed by atoms with Crippen LogP contribution in [0.5, 0.6) is 0 Å². The molecule has 0 aliphatic carbocycles. The topological polar surface area (TPSA) is 17.1 Å². The predicted molar refractivity (Wildman–Crippen MR) is 61.6 cm³/mol. The molecule has 0 saturated heterocycles. The zero-order chi connectivity index (χ0) is 9.30. The summed E-state index contributed by atoms with van der Waals surface area (Å²) in [4.78, 5) is 11.1. The van der Waals surface area contributed by atoms with Gasteiger partial charge in [0.25, 0.3) is 0 Å². The number of Topliss-reactive ketones (excluding diaryl/α,β-unsaturated/α-hetero) is 1. The van der Waals surface area contributed by atoms with Gasteiger partial charge in [0.1, 0.15) is 0 Å². The number of halogens is 2. The van der Waals surface area contributed by atoms with Gasteiger partial charge in [0.05, 0.1) is 0 Å². The molecule has 0 aliphatic rings. The van der Waals surface area contributed by atoms with Crippen molar-refractivity contribution in [3.63, 3.8) is 0 Å². The zero-order valence-corrected chi connectivity index (χ0v) is 10.6. The van der Waals surface area contributed by atoms with Crippen molar-refractivity contribution >= 4 is 44.3 Å². The van der Waals surface area contributed by atoms with Gasteiger partial charge in [0.15, 0.2) is 5.78 Å². The second kappa shape index (κ2) is 3.87. The fourth-order valence-electron chi connectivity index (χ4n) is 1.03. The molecule has 1 aromatic carbocycles. The van der Waals surface area contributed by atoms with Crippen molar-refractivity contribution in [3.8, 4) is 0 Å². The number of ketones is 1. The molecule has 1 aromatic rings. The van der Waals surface area contributed by atoms with Crippen molar-refractivity contribution in [2.75, 3.05) is 0 Å². The van der Waals surface area contributed by atoms with E-state index in [0.29, 0.717) is 0 Å². The molecule has 0 aliphatic heterocycles. The molecule has 0 unspecified atom stereocenters. The number of carbonyl (C=O) groups is 1. The van der Waals surface area contributed by atoms with Gasteiger partial charge >= 0.3 is 0 Å². The van der Waals surface area contributed by atoms with Crippen molar-refractivity contribution in [1.82, 2.24) is 0 Å². The van der Waals surface area contributed by atoms with Crippen LogP contribution < -0.4 is 0 Å². The normalized spacial score (nSPS) is 10.0. The Bertz CT molecular complexity index is 334. The first kappa shape index (κ1) is 10.2.